The van der Waals surface area contributed by atoms with Crippen molar-refractivity contribution in [1.29, 1.82) is 0 Å². The van der Waals surface area contributed by atoms with Crippen molar-refractivity contribution in [3.8, 4) is 0 Å². The Kier molecular flexibility index (Phi) is 8.21. The molecule has 160 valence electrons. The average molecular weight is 427 g/mol. The molecule has 0 spiro atoms. The maximum Gasteiger partial charge on any atom is 0.294 e. The van der Waals surface area contributed by atoms with E-state index < -0.39 is 4.92 Å². The molecule has 2 N–H and O–H groups in total. The minimum atomic E-state index is -0.441. The van der Waals surface area contributed by atoms with Gasteiger partial charge >= 0.3 is 0 Å². The highest BCUT2D eigenvalue weighted by Crippen LogP contribution is 2.31. The van der Waals surface area contributed by atoms with Gasteiger partial charge in [-0.1, -0.05) is 11.6 Å². The third kappa shape index (κ3) is 6.57. The van der Waals surface area contributed by atoms with Crippen LogP contribution in [0.1, 0.15) is 20.8 Å². The van der Waals surface area contributed by atoms with Crippen molar-refractivity contribution in [3.63, 3.8) is 0 Å². The van der Waals surface area contributed by atoms with E-state index in [2.05, 4.69) is 5.32 Å². The summed E-state index contributed by atoms with van der Waals surface area (Å²) in [6, 6.07) is 4.70. The Labute approximate surface area is 175 Å². The highest BCUT2D eigenvalue weighted by atomic mass is 35.5. The lowest BCUT2D eigenvalue weighted by Crippen LogP contribution is -3.14. The van der Waals surface area contributed by atoms with Crippen LogP contribution in [0.4, 0.5) is 11.4 Å². The van der Waals surface area contributed by atoms with Crippen LogP contribution in [0, 0.1) is 10.1 Å². The van der Waals surface area contributed by atoms with Gasteiger partial charge in [0.1, 0.15) is 5.69 Å². The minimum absolute atomic E-state index is 0.00977. The van der Waals surface area contributed by atoms with Gasteiger partial charge in [0.25, 0.3) is 17.5 Å². The van der Waals surface area contributed by atoms with E-state index in [0.29, 0.717) is 43.4 Å². The van der Waals surface area contributed by atoms with Gasteiger partial charge in [0.05, 0.1) is 11.5 Å². The number of carbonyl (C=O) groups excluding carboxylic acids is 2. The first kappa shape index (κ1) is 22.9. The Bertz CT molecular complexity index is 750. The lowest BCUT2D eigenvalue weighted by atomic mass is 10.2. The second kappa shape index (κ2) is 10.4. The fourth-order valence-corrected chi connectivity index (χ4v) is 3.51. The molecule has 9 nitrogen and oxygen atoms in total. The van der Waals surface area contributed by atoms with Crippen molar-refractivity contribution in [1.82, 2.24) is 10.2 Å². The molecule has 10 heteroatoms. The topological polar surface area (TPSA) is 100 Å². The number of hydrogen-bond acceptors (Lipinski definition) is 5. The molecule has 1 saturated heterocycles. The highest BCUT2D eigenvalue weighted by molar-refractivity contribution is 6.30. The van der Waals surface area contributed by atoms with Gasteiger partial charge in [-0.3, -0.25) is 19.7 Å². The first-order chi connectivity index (χ1) is 13.7. The number of piperazine rings is 1. The molecule has 2 rings (SSSR count). The number of quaternary nitrogens is 1. The van der Waals surface area contributed by atoms with E-state index in [1.807, 2.05) is 25.7 Å². The van der Waals surface area contributed by atoms with E-state index in [4.69, 9.17) is 11.6 Å². The van der Waals surface area contributed by atoms with Crippen molar-refractivity contribution in [2.24, 2.45) is 0 Å². The van der Waals surface area contributed by atoms with Crippen molar-refractivity contribution in [2.45, 2.75) is 26.8 Å². The van der Waals surface area contributed by atoms with E-state index in [-0.39, 0.29) is 36.6 Å². The van der Waals surface area contributed by atoms with Gasteiger partial charge in [-0.15, -0.1) is 0 Å². The zero-order valence-electron chi connectivity index (χ0n) is 17.1. The number of amides is 2. The Morgan fingerprint density at radius 3 is 2.45 bits per heavy atom. The third-order valence-corrected chi connectivity index (χ3v) is 5.10. The van der Waals surface area contributed by atoms with Crippen LogP contribution in [-0.2, 0) is 9.59 Å². The summed E-state index contributed by atoms with van der Waals surface area (Å²) >= 11 is 5.88. The maximum absolute atomic E-state index is 12.7. The van der Waals surface area contributed by atoms with Gasteiger partial charge in [0.2, 0.25) is 0 Å². The smallest absolute Gasteiger partial charge is 0.294 e. The molecule has 1 unspecified atom stereocenters. The van der Waals surface area contributed by atoms with Crippen LogP contribution in [0.25, 0.3) is 0 Å². The first-order valence-electron chi connectivity index (χ1n) is 9.80. The van der Waals surface area contributed by atoms with Crippen LogP contribution in [0.5, 0.6) is 0 Å². The van der Waals surface area contributed by atoms with Gasteiger partial charge in [-0.2, -0.15) is 0 Å². The second-order valence-corrected chi connectivity index (χ2v) is 7.87. The van der Waals surface area contributed by atoms with Crippen molar-refractivity contribution in [2.75, 3.05) is 50.7 Å². The molecule has 1 aliphatic heterocycles. The molecule has 29 heavy (non-hydrogen) atoms. The fourth-order valence-electron chi connectivity index (χ4n) is 3.35. The number of carbonyl (C=O) groups is 2. The lowest BCUT2D eigenvalue weighted by Gasteiger charge is -2.36. The van der Waals surface area contributed by atoms with E-state index in [1.165, 1.54) is 6.07 Å². The van der Waals surface area contributed by atoms with Crippen LogP contribution >= 0.6 is 11.6 Å². The summed E-state index contributed by atoms with van der Waals surface area (Å²) in [4.78, 5) is 40.1. The predicted molar refractivity (Wildman–Crippen MR) is 111 cm³/mol. The summed E-state index contributed by atoms with van der Waals surface area (Å²) in [5.41, 5.74) is 0.479. The van der Waals surface area contributed by atoms with Crippen LogP contribution in [0.2, 0.25) is 5.02 Å². The number of anilines is 1. The molecule has 0 saturated carbocycles. The van der Waals surface area contributed by atoms with Gasteiger partial charge in [-0.25, -0.2) is 0 Å². The lowest BCUT2D eigenvalue weighted by molar-refractivity contribution is -0.882. The monoisotopic (exact) mass is 426 g/mol. The number of rotatable bonds is 8. The second-order valence-electron chi connectivity index (χ2n) is 7.44. The summed E-state index contributed by atoms with van der Waals surface area (Å²) in [5, 5.41) is 14.5. The minimum Gasteiger partial charge on any atom is -0.362 e. The Hall–Kier alpha value is -2.39. The van der Waals surface area contributed by atoms with Gasteiger partial charge < -0.3 is 20.0 Å². The number of likely N-dealkylation sites (N-methyl/N-ethyl adjacent to an activating group) is 1. The van der Waals surface area contributed by atoms with Gasteiger partial charge in [0.15, 0.2) is 13.1 Å². The highest BCUT2D eigenvalue weighted by Gasteiger charge is 2.28. The molecular weight excluding hydrogens is 398 g/mol. The SMILES string of the molecule is CC[NH+](CC(=O)NC(C)C)CC(=O)N1CCN(c2ccc(Cl)cc2[N+](=O)[O-])CC1. The van der Waals surface area contributed by atoms with Crippen LogP contribution in [0.3, 0.4) is 0 Å². The number of benzene rings is 1. The molecule has 1 aliphatic rings. The summed E-state index contributed by atoms with van der Waals surface area (Å²) in [7, 11) is 0. The first-order valence-corrected chi connectivity index (χ1v) is 10.2. The standard InChI is InChI=1S/C19H28ClN5O4/c1-4-22(12-18(26)21-14(2)3)13-19(27)24-9-7-23(8-10-24)16-6-5-15(20)11-17(16)25(28)29/h5-6,11,14H,4,7-10,12-13H2,1-3H3,(H,21,26)/p+1. The van der Waals surface area contributed by atoms with Crippen molar-refractivity contribution < 1.29 is 19.4 Å². The number of hydrogen-bond donors (Lipinski definition) is 2. The summed E-state index contributed by atoms with van der Waals surface area (Å²) in [6.07, 6.45) is 0. The van der Waals surface area contributed by atoms with Gasteiger partial charge in [0, 0.05) is 43.3 Å². The van der Waals surface area contributed by atoms with Crippen molar-refractivity contribution in [3.05, 3.63) is 33.3 Å². The number of nitrogens with one attached hydrogen (secondary N) is 2. The molecule has 0 bridgehead atoms. The molecule has 1 aromatic rings. The van der Waals surface area contributed by atoms with Crippen LogP contribution in [0.15, 0.2) is 18.2 Å². The van der Waals surface area contributed by atoms with Gasteiger partial charge in [-0.05, 0) is 32.9 Å². The molecule has 0 aromatic heterocycles. The van der Waals surface area contributed by atoms with Crippen LogP contribution in [-0.4, -0.2) is 73.5 Å². The van der Waals surface area contributed by atoms with Crippen molar-refractivity contribution >= 4 is 34.8 Å². The van der Waals surface area contributed by atoms with E-state index in [0.717, 1.165) is 4.90 Å². The molecule has 1 fully saturated rings. The van der Waals surface area contributed by atoms with E-state index >= 15 is 0 Å². The molecule has 1 atom stereocenters. The number of nitro groups is 1. The molecule has 1 heterocycles. The van der Waals surface area contributed by atoms with Crippen LogP contribution < -0.4 is 15.1 Å². The summed E-state index contributed by atoms with van der Waals surface area (Å²) < 4.78 is 0. The molecule has 2 amide bonds. The number of nitro benzene ring substituents is 1. The van der Waals surface area contributed by atoms with E-state index in [1.54, 1.807) is 17.0 Å². The zero-order valence-corrected chi connectivity index (χ0v) is 17.9. The fraction of sp³-hybridized carbons (Fsp3) is 0.579. The number of nitrogens with zero attached hydrogens (tertiary/aromatic N) is 3. The number of halogens is 1. The predicted octanol–water partition coefficient (Wildman–Crippen LogP) is 0.326. The Balaban J connectivity index is 1.92. The largest absolute Gasteiger partial charge is 0.362 e. The molecule has 1 aromatic carbocycles. The summed E-state index contributed by atoms with van der Waals surface area (Å²) in [5.74, 6) is -0.0750. The summed E-state index contributed by atoms with van der Waals surface area (Å²) in [6.45, 7) is 8.91. The third-order valence-electron chi connectivity index (χ3n) is 4.87. The maximum atomic E-state index is 12.7. The average Bonchev–Trinajstić information content (AvgIpc) is 2.66. The Morgan fingerprint density at radius 1 is 1.24 bits per heavy atom. The Morgan fingerprint density at radius 2 is 1.90 bits per heavy atom. The normalized spacial score (nSPS) is 15.3. The molecule has 0 radical (unpaired) electrons. The molecule has 0 aliphatic carbocycles. The zero-order chi connectivity index (χ0) is 21.6. The van der Waals surface area contributed by atoms with E-state index in [9.17, 15) is 19.7 Å². The quantitative estimate of drug-likeness (QED) is 0.461. The molecular formula is C19H29ClN5O4+.